The number of benzene rings is 1. The van der Waals surface area contributed by atoms with Crippen LogP contribution in [0.1, 0.15) is 39.2 Å². The average Bonchev–Trinajstić information content (AvgIpc) is 3.34. The molecule has 1 aliphatic carbocycles. The summed E-state index contributed by atoms with van der Waals surface area (Å²) in [6.45, 7) is 7.80. The Morgan fingerprint density at radius 2 is 1.77 bits per heavy atom. The lowest BCUT2D eigenvalue weighted by atomic mass is 9.96. The number of hydrogen-bond donors (Lipinski definition) is 3. The van der Waals surface area contributed by atoms with E-state index in [4.69, 9.17) is 0 Å². The molecule has 1 saturated carbocycles. The van der Waals surface area contributed by atoms with Gasteiger partial charge in [-0.2, -0.15) is 0 Å². The summed E-state index contributed by atoms with van der Waals surface area (Å²) in [5.41, 5.74) is 1.19. The molecule has 0 aliphatic heterocycles. The van der Waals surface area contributed by atoms with Gasteiger partial charge in [0.2, 0.25) is 5.91 Å². The van der Waals surface area contributed by atoms with Crippen molar-refractivity contribution in [2.75, 3.05) is 26.7 Å². The quantitative estimate of drug-likeness (QED) is 0.226. The smallest absolute Gasteiger partial charge is 0.225 e. The molecule has 0 bridgehead atoms. The number of amides is 1. The number of nitrogens with one attached hydrogen (secondary N) is 3. The van der Waals surface area contributed by atoms with Crippen LogP contribution in [-0.4, -0.2) is 38.5 Å². The first-order valence-electron chi connectivity index (χ1n) is 8.76. The van der Waals surface area contributed by atoms with E-state index in [2.05, 4.69) is 55.1 Å². The topological polar surface area (TPSA) is 65.5 Å². The summed E-state index contributed by atoms with van der Waals surface area (Å²) in [6, 6.07) is 8.42. The molecule has 0 saturated heterocycles. The zero-order valence-electron chi connectivity index (χ0n) is 16.0. The van der Waals surface area contributed by atoms with Gasteiger partial charge in [0.15, 0.2) is 5.96 Å². The number of carbonyl (C=O) groups excluding carboxylic acids is 1. The van der Waals surface area contributed by atoms with Crippen LogP contribution >= 0.6 is 39.9 Å². The molecule has 1 aliphatic rings. The van der Waals surface area contributed by atoms with Gasteiger partial charge in [0.05, 0.1) is 0 Å². The van der Waals surface area contributed by atoms with E-state index in [1.165, 1.54) is 22.9 Å². The number of carbonyl (C=O) groups is 1. The van der Waals surface area contributed by atoms with Crippen molar-refractivity contribution in [2.24, 2.45) is 10.4 Å². The van der Waals surface area contributed by atoms with Crippen LogP contribution in [0.4, 0.5) is 0 Å². The summed E-state index contributed by atoms with van der Waals surface area (Å²) >= 11 is 3.66. The molecule has 1 amide bonds. The third-order valence-electron chi connectivity index (χ3n) is 4.50. The number of nitrogens with zero attached hydrogens (tertiary/aromatic N) is 1. The van der Waals surface area contributed by atoms with Crippen LogP contribution in [0, 0.1) is 5.41 Å². The molecule has 0 aromatic heterocycles. The van der Waals surface area contributed by atoms with Gasteiger partial charge < -0.3 is 16.0 Å². The van der Waals surface area contributed by atoms with E-state index in [1.807, 2.05) is 26.8 Å². The first-order valence-corrected chi connectivity index (χ1v) is 9.56. The largest absolute Gasteiger partial charge is 0.356 e. The fourth-order valence-electron chi connectivity index (χ4n) is 2.68. The van der Waals surface area contributed by atoms with Crippen LogP contribution in [0.25, 0.3) is 0 Å². The maximum Gasteiger partial charge on any atom is 0.225 e. The standard InChI is InChI=1S/C19H29BrN4O.HI/c1-18(2,3)16(25)22-11-12-23-17(21-4)24-13-19(9-10-19)14-7-5-6-8-15(14)20;/h5-8H,9-13H2,1-4H3,(H,22,25)(H2,21,23,24);1H. The van der Waals surface area contributed by atoms with Crippen molar-refractivity contribution in [3.8, 4) is 0 Å². The minimum atomic E-state index is -0.360. The van der Waals surface area contributed by atoms with E-state index >= 15 is 0 Å². The maximum atomic E-state index is 11.8. The summed E-state index contributed by atoms with van der Waals surface area (Å²) in [5.74, 6) is 0.825. The Kier molecular flexibility index (Phi) is 8.85. The van der Waals surface area contributed by atoms with E-state index in [0.717, 1.165) is 12.5 Å². The third kappa shape index (κ3) is 6.40. The summed E-state index contributed by atoms with van der Waals surface area (Å²) in [5, 5.41) is 9.61. The van der Waals surface area contributed by atoms with Crippen molar-refractivity contribution < 1.29 is 4.79 Å². The number of guanidine groups is 1. The molecule has 1 aromatic carbocycles. The number of hydrogen-bond acceptors (Lipinski definition) is 2. The Bertz CT molecular complexity index is 639. The third-order valence-corrected chi connectivity index (χ3v) is 5.19. The second-order valence-electron chi connectivity index (χ2n) is 7.62. The lowest BCUT2D eigenvalue weighted by Gasteiger charge is -2.21. The van der Waals surface area contributed by atoms with Crippen LogP contribution in [0.3, 0.4) is 0 Å². The van der Waals surface area contributed by atoms with E-state index in [-0.39, 0.29) is 40.7 Å². The van der Waals surface area contributed by atoms with E-state index in [0.29, 0.717) is 13.1 Å². The van der Waals surface area contributed by atoms with Crippen LogP contribution in [0.2, 0.25) is 0 Å². The first kappa shape index (κ1) is 23.2. The van der Waals surface area contributed by atoms with Gasteiger partial charge in [-0.25, -0.2) is 0 Å². The Morgan fingerprint density at radius 3 is 2.31 bits per heavy atom. The van der Waals surface area contributed by atoms with E-state index in [9.17, 15) is 4.79 Å². The Balaban J connectivity index is 0.00000338. The molecule has 0 spiro atoms. The monoisotopic (exact) mass is 536 g/mol. The molecule has 0 unspecified atom stereocenters. The second kappa shape index (κ2) is 9.92. The van der Waals surface area contributed by atoms with Gasteiger partial charge in [-0.15, -0.1) is 24.0 Å². The highest BCUT2D eigenvalue weighted by atomic mass is 127. The van der Waals surface area contributed by atoms with Crippen molar-refractivity contribution in [1.82, 2.24) is 16.0 Å². The summed E-state index contributed by atoms with van der Waals surface area (Å²) in [4.78, 5) is 16.1. The van der Waals surface area contributed by atoms with Crippen LogP contribution in [-0.2, 0) is 10.2 Å². The zero-order valence-corrected chi connectivity index (χ0v) is 19.9. The van der Waals surface area contributed by atoms with Crippen LogP contribution < -0.4 is 16.0 Å². The van der Waals surface area contributed by atoms with Crippen molar-refractivity contribution >= 4 is 51.8 Å². The molecule has 1 fully saturated rings. The summed E-state index contributed by atoms with van der Waals surface area (Å²) in [7, 11) is 1.76. The molecule has 7 heteroatoms. The predicted molar refractivity (Wildman–Crippen MR) is 122 cm³/mol. The molecule has 0 radical (unpaired) electrons. The lowest BCUT2D eigenvalue weighted by Crippen LogP contribution is -2.45. The molecule has 0 atom stereocenters. The average molecular weight is 537 g/mol. The van der Waals surface area contributed by atoms with Crippen LogP contribution in [0.5, 0.6) is 0 Å². The van der Waals surface area contributed by atoms with E-state index in [1.54, 1.807) is 7.05 Å². The number of rotatable bonds is 6. The molecule has 146 valence electrons. The van der Waals surface area contributed by atoms with Gasteiger partial charge in [-0.1, -0.05) is 54.9 Å². The molecule has 3 N–H and O–H groups in total. The highest BCUT2D eigenvalue weighted by Gasteiger charge is 2.45. The van der Waals surface area contributed by atoms with Gasteiger partial charge >= 0.3 is 0 Å². The summed E-state index contributed by atoms with van der Waals surface area (Å²) in [6.07, 6.45) is 2.36. The molecular formula is C19H30BrIN4O. The Labute approximate surface area is 182 Å². The Hall–Kier alpha value is -0.830. The highest BCUT2D eigenvalue weighted by Crippen LogP contribution is 2.49. The number of halogens is 2. The van der Waals surface area contributed by atoms with Crippen molar-refractivity contribution in [3.05, 3.63) is 34.3 Å². The van der Waals surface area contributed by atoms with Gasteiger partial charge in [0.1, 0.15) is 0 Å². The van der Waals surface area contributed by atoms with Crippen molar-refractivity contribution in [3.63, 3.8) is 0 Å². The van der Waals surface area contributed by atoms with Gasteiger partial charge in [0.25, 0.3) is 0 Å². The van der Waals surface area contributed by atoms with Crippen molar-refractivity contribution in [2.45, 2.75) is 39.0 Å². The Morgan fingerprint density at radius 1 is 1.15 bits per heavy atom. The highest BCUT2D eigenvalue weighted by molar-refractivity contribution is 14.0. The molecular weight excluding hydrogens is 507 g/mol. The zero-order chi connectivity index (χ0) is 18.5. The van der Waals surface area contributed by atoms with Gasteiger partial charge in [0, 0.05) is 42.0 Å². The molecule has 26 heavy (non-hydrogen) atoms. The number of aliphatic imine (C=N–C) groups is 1. The maximum absolute atomic E-state index is 11.8. The van der Waals surface area contributed by atoms with Crippen LogP contribution in [0.15, 0.2) is 33.7 Å². The SMILES string of the molecule is CN=C(NCCNC(=O)C(C)(C)C)NCC1(c2ccccc2Br)CC1.I. The minimum Gasteiger partial charge on any atom is -0.356 e. The van der Waals surface area contributed by atoms with E-state index < -0.39 is 0 Å². The summed E-state index contributed by atoms with van der Waals surface area (Å²) < 4.78 is 1.17. The predicted octanol–water partition coefficient (Wildman–Crippen LogP) is 3.43. The fourth-order valence-corrected chi connectivity index (χ4v) is 3.38. The molecule has 2 rings (SSSR count). The molecule has 5 nitrogen and oxygen atoms in total. The molecule has 0 heterocycles. The minimum absolute atomic E-state index is 0. The van der Waals surface area contributed by atoms with Gasteiger partial charge in [-0.3, -0.25) is 9.79 Å². The normalized spacial score (nSPS) is 15.7. The van der Waals surface area contributed by atoms with Crippen molar-refractivity contribution in [1.29, 1.82) is 0 Å². The first-order chi connectivity index (χ1) is 11.8. The molecule has 1 aromatic rings. The van der Waals surface area contributed by atoms with Gasteiger partial charge in [-0.05, 0) is 24.5 Å². The fraction of sp³-hybridized carbons (Fsp3) is 0.579. The lowest BCUT2D eigenvalue weighted by molar-refractivity contribution is -0.128. The second-order valence-corrected chi connectivity index (χ2v) is 8.47.